The predicted octanol–water partition coefficient (Wildman–Crippen LogP) is 1.22. The molecule has 0 saturated carbocycles. The SMILES string of the molecule is CN(C)C(=O)Oc1ccc(F)cc1/C=C1\SC(N2CCNCN2)=NC1=O. The maximum absolute atomic E-state index is 13.7. The van der Waals surface area contributed by atoms with Crippen molar-refractivity contribution in [3.63, 3.8) is 0 Å². The van der Waals surface area contributed by atoms with Crippen LogP contribution in [0.3, 0.4) is 0 Å². The zero-order chi connectivity index (χ0) is 18.7. The highest BCUT2D eigenvalue weighted by Gasteiger charge is 2.27. The third kappa shape index (κ3) is 4.21. The van der Waals surface area contributed by atoms with Gasteiger partial charge in [-0.3, -0.25) is 9.80 Å². The van der Waals surface area contributed by atoms with Crippen LogP contribution in [0.1, 0.15) is 5.56 Å². The number of carbonyl (C=O) groups is 2. The van der Waals surface area contributed by atoms with Gasteiger partial charge in [-0.25, -0.2) is 14.6 Å². The number of nitrogens with zero attached hydrogens (tertiary/aromatic N) is 3. The lowest BCUT2D eigenvalue weighted by Gasteiger charge is -2.28. The molecule has 0 aromatic heterocycles. The molecule has 2 N–H and O–H groups in total. The van der Waals surface area contributed by atoms with E-state index < -0.39 is 17.8 Å². The lowest BCUT2D eigenvalue weighted by Crippen LogP contribution is -2.53. The first-order valence-electron chi connectivity index (χ1n) is 7.87. The lowest BCUT2D eigenvalue weighted by atomic mass is 10.2. The van der Waals surface area contributed by atoms with E-state index in [1.54, 1.807) is 19.1 Å². The molecule has 0 bridgehead atoms. The largest absolute Gasteiger partial charge is 0.414 e. The van der Waals surface area contributed by atoms with E-state index in [2.05, 4.69) is 15.7 Å². The summed E-state index contributed by atoms with van der Waals surface area (Å²) < 4.78 is 18.9. The standard InChI is InChI=1S/C16H18FN5O3S/c1-21(2)16(24)25-12-4-3-11(17)7-10(12)8-13-14(23)20-15(26-13)22-6-5-18-9-19-22/h3-4,7-8,18-19H,5-6,9H2,1-2H3/b13-8-. The number of ether oxygens (including phenoxy) is 1. The molecule has 10 heteroatoms. The first-order chi connectivity index (χ1) is 12.4. The van der Waals surface area contributed by atoms with Crippen LogP contribution in [0, 0.1) is 5.82 Å². The van der Waals surface area contributed by atoms with Crippen LogP contribution in [0.15, 0.2) is 28.1 Å². The fraction of sp³-hybridized carbons (Fsp3) is 0.312. The van der Waals surface area contributed by atoms with E-state index >= 15 is 0 Å². The molecule has 1 aromatic rings. The van der Waals surface area contributed by atoms with Crippen molar-refractivity contribution in [2.24, 2.45) is 4.99 Å². The second-order valence-electron chi connectivity index (χ2n) is 5.74. The third-order valence-electron chi connectivity index (χ3n) is 3.57. The van der Waals surface area contributed by atoms with E-state index in [4.69, 9.17) is 4.74 Å². The minimum atomic E-state index is -0.594. The number of carbonyl (C=O) groups excluding carboxylic acids is 2. The van der Waals surface area contributed by atoms with Crippen molar-refractivity contribution >= 4 is 35.0 Å². The summed E-state index contributed by atoms with van der Waals surface area (Å²) in [5.74, 6) is -0.749. The predicted molar refractivity (Wildman–Crippen MR) is 96.8 cm³/mol. The summed E-state index contributed by atoms with van der Waals surface area (Å²) in [5, 5.41) is 5.45. The van der Waals surface area contributed by atoms with E-state index in [1.807, 2.05) is 0 Å². The van der Waals surface area contributed by atoms with E-state index in [9.17, 15) is 14.0 Å². The van der Waals surface area contributed by atoms with Gasteiger partial charge in [0, 0.05) is 32.7 Å². The van der Waals surface area contributed by atoms with Gasteiger partial charge in [-0.2, -0.15) is 4.99 Å². The molecule has 0 spiro atoms. The molecule has 1 fully saturated rings. The molecule has 0 aliphatic carbocycles. The van der Waals surface area contributed by atoms with Gasteiger partial charge in [0.1, 0.15) is 11.6 Å². The van der Waals surface area contributed by atoms with Gasteiger partial charge in [0.05, 0.1) is 11.6 Å². The van der Waals surface area contributed by atoms with Gasteiger partial charge in [0.2, 0.25) is 0 Å². The van der Waals surface area contributed by atoms with Gasteiger partial charge >= 0.3 is 6.09 Å². The monoisotopic (exact) mass is 379 g/mol. The van der Waals surface area contributed by atoms with Crippen molar-refractivity contribution in [2.75, 3.05) is 33.9 Å². The summed E-state index contributed by atoms with van der Waals surface area (Å²) in [4.78, 5) is 29.6. The number of amidine groups is 1. The number of amides is 2. The molecule has 26 heavy (non-hydrogen) atoms. The summed E-state index contributed by atoms with van der Waals surface area (Å²) in [6.45, 7) is 2.02. The number of hydrazine groups is 1. The van der Waals surface area contributed by atoms with Gasteiger partial charge < -0.3 is 15.0 Å². The molecular formula is C16H18FN5O3S. The number of aliphatic imine (C=N–C) groups is 1. The Balaban J connectivity index is 1.82. The summed E-state index contributed by atoms with van der Waals surface area (Å²) >= 11 is 1.18. The molecule has 1 saturated heterocycles. The summed E-state index contributed by atoms with van der Waals surface area (Å²) in [5.41, 5.74) is 3.37. The molecule has 2 aliphatic rings. The molecular weight excluding hydrogens is 361 g/mol. The van der Waals surface area contributed by atoms with E-state index in [1.165, 1.54) is 40.9 Å². The molecule has 138 valence electrons. The Morgan fingerprint density at radius 2 is 2.27 bits per heavy atom. The maximum Gasteiger partial charge on any atom is 0.414 e. The Hall–Kier alpha value is -2.43. The maximum atomic E-state index is 13.7. The summed E-state index contributed by atoms with van der Waals surface area (Å²) in [6, 6.07) is 3.75. The van der Waals surface area contributed by atoms with E-state index in [-0.39, 0.29) is 5.75 Å². The second-order valence-corrected chi connectivity index (χ2v) is 6.75. The number of thioether (sulfide) groups is 1. The molecule has 1 aromatic carbocycles. The molecule has 0 radical (unpaired) electrons. The quantitative estimate of drug-likeness (QED) is 0.748. The number of hydrogen-bond acceptors (Lipinski definition) is 7. The Labute approximate surface area is 154 Å². The number of halogens is 1. The van der Waals surface area contributed by atoms with Gasteiger partial charge in [0.15, 0.2) is 5.17 Å². The summed E-state index contributed by atoms with van der Waals surface area (Å²) in [7, 11) is 3.09. The molecule has 3 rings (SSSR count). The van der Waals surface area contributed by atoms with Crippen LogP contribution in [-0.2, 0) is 4.79 Å². The third-order valence-corrected chi connectivity index (χ3v) is 4.57. The Morgan fingerprint density at radius 1 is 1.46 bits per heavy atom. The zero-order valence-electron chi connectivity index (χ0n) is 14.3. The fourth-order valence-electron chi connectivity index (χ4n) is 2.24. The fourth-order valence-corrected chi connectivity index (χ4v) is 3.15. The minimum absolute atomic E-state index is 0.166. The molecule has 8 nitrogen and oxygen atoms in total. The highest BCUT2D eigenvalue weighted by Crippen LogP contribution is 2.32. The van der Waals surface area contributed by atoms with Gasteiger partial charge in [-0.05, 0) is 36.0 Å². The van der Waals surface area contributed by atoms with Crippen LogP contribution in [0.4, 0.5) is 9.18 Å². The van der Waals surface area contributed by atoms with Crippen LogP contribution in [0.25, 0.3) is 6.08 Å². The second kappa shape index (κ2) is 7.85. The van der Waals surface area contributed by atoms with Crippen molar-refractivity contribution in [3.05, 3.63) is 34.5 Å². The number of hydrogen-bond donors (Lipinski definition) is 2. The van der Waals surface area contributed by atoms with Crippen LogP contribution in [-0.4, -0.2) is 60.9 Å². The van der Waals surface area contributed by atoms with Crippen molar-refractivity contribution in [1.29, 1.82) is 0 Å². The van der Waals surface area contributed by atoms with E-state index in [0.717, 1.165) is 6.54 Å². The molecule has 2 amide bonds. The van der Waals surface area contributed by atoms with Gasteiger partial charge in [-0.1, -0.05) is 0 Å². The highest BCUT2D eigenvalue weighted by molar-refractivity contribution is 8.18. The Bertz CT molecular complexity index is 790. The van der Waals surface area contributed by atoms with Crippen LogP contribution < -0.4 is 15.5 Å². The zero-order valence-corrected chi connectivity index (χ0v) is 15.1. The van der Waals surface area contributed by atoms with Crippen molar-refractivity contribution < 1.29 is 18.7 Å². The number of rotatable bonds is 2. The van der Waals surface area contributed by atoms with Crippen LogP contribution in [0.2, 0.25) is 0 Å². The van der Waals surface area contributed by atoms with Crippen LogP contribution >= 0.6 is 11.8 Å². The van der Waals surface area contributed by atoms with Gasteiger partial charge in [-0.15, -0.1) is 0 Å². The average Bonchev–Trinajstić information content (AvgIpc) is 2.98. The van der Waals surface area contributed by atoms with Crippen molar-refractivity contribution in [2.45, 2.75) is 0 Å². The van der Waals surface area contributed by atoms with Crippen LogP contribution in [0.5, 0.6) is 5.75 Å². The Morgan fingerprint density at radius 3 is 2.96 bits per heavy atom. The van der Waals surface area contributed by atoms with E-state index in [0.29, 0.717) is 28.8 Å². The minimum Gasteiger partial charge on any atom is -0.410 e. The molecule has 2 heterocycles. The normalized spacial score (nSPS) is 18.9. The molecule has 0 atom stereocenters. The topological polar surface area (TPSA) is 86.3 Å². The summed E-state index contributed by atoms with van der Waals surface area (Å²) in [6.07, 6.45) is 0.885. The molecule has 0 unspecified atom stereocenters. The first kappa shape index (κ1) is 18.4. The lowest BCUT2D eigenvalue weighted by molar-refractivity contribution is -0.113. The molecule has 2 aliphatic heterocycles. The smallest absolute Gasteiger partial charge is 0.410 e. The van der Waals surface area contributed by atoms with Crippen molar-refractivity contribution in [3.8, 4) is 5.75 Å². The number of benzene rings is 1. The van der Waals surface area contributed by atoms with Gasteiger partial charge in [0.25, 0.3) is 5.91 Å². The van der Waals surface area contributed by atoms with Crippen molar-refractivity contribution in [1.82, 2.24) is 20.7 Å². The Kier molecular flexibility index (Phi) is 5.55. The highest BCUT2D eigenvalue weighted by atomic mass is 32.2. The first-order valence-corrected chi connectivity index (χ1v) is 8.68. The average molecular weight is 379 g/mol. The number of nitrogens with one attached hydrogen (secondary N) is 2.